The SMILES string of the molecule is C=C(C(=O)Nc1ccc(C)nc1)c1cc(-c2cncc(CN3CCCCC3)c2)ccc1NC. The molecule has 0 bridgehead atoms. The summed E-state index contributed by atoms with van der Waals surface area (Å²) in [7, 11) is 1.84. The second-order valence-corrected chi connectivity index (χ2v) is 8.55. The maximum Gasteiger partial charge on any atom is 0.255 e. The number of pyridine rings is 2. The predicted octanol–water partition coefficient (Wildman–Crippen LogP) is 5.13. The Morgan fingerprint density at radius 2 is 1.85 bits per heavy atom. The molecule has 1 aliphatic rings. The molecule has 0 radical (unpaired) electrons. The van der Waals surface area contributed by atoms with Gasteiger partial charge in [0, 0.05) is 54.1 Å². The molecule has 0 unspecified atom stereocenters. The lowest BCUT2D eigenvalue weighted by Gasteiger charge is -2.26. The van der Waals surface area contributed by atoms with Gasteiger partial charge in [-0.2, -0.15) is 0 Å². The van der Waals surface area contributed by atoms with E-state index in [0.717, 1.165) is 47.7 Å². The Labute approximate surface area is 195 Å². The minimum atomic E-state index is -0.258. The van der Waals surface area contributed by atoms with Crippen molar-refractivity contribution in [1.29, 1.82) is 0 Å². The number of likely N-dealkylation sites (tertiary alicyclic amines) is 1. The van der Waals surface area contributed by atoms with Gasteiger partial charge < -0.3 is 10.6 Å². The van der Waals surface area contributed by atoms with Gasteiger partial charge in [0.1, 0.15) is 0 Å². The van der Waals surface area contributed by atoms with E-state index in [1.807, 2.05) is 56.7 Å². The highest BCUT2D eigenvalue weighted by Crippen LogP contribution is 2.30. The summed E-state index contributed by atoms with van der Waals surface area (Å²) in [6.45, 7) is 9.21. The number of rotatable bonds is 7. The molecule has 170 valence electrons. The number of hydrogen-bond acceptors (Lipinski definition) is 5. The maximum atomic E-state index is 12.9. The number of piperidine rings is 1. The highest BCUT2D eigenvalue weighted by molar-refractivity contribution is 6.25. The Hall–Kier alpha value is -3.51. The summed E-state index contributed by atoms with van der Waals surface area (Å²) >= 11 is 0. The number of anilines is 2. The molecule has 2 aromatic heterocycles. The van der Waals surface area contributed by atoms with Crippen LogP contribution in [-0.4, -0.2) is 40.9 Å². The largest absolute Gasteiger partial charge is 0.388 e. The molecule has 0 saturated carbocycles. The summed E-state index contributed by atoms with van der Waals surface area (Å²) in [6.07, 6.45) is 9.33. The zero-order chi connectivity index (χ0) is 23.2. The standard InChI is InChI=1S/C27H31N5O/c1-19-7-9-24(17-30-19)31-27(33)20(2)25-14-22(8-10-26(25)28-3)23-13-21(15-29-16-23)18-32-11-5-4-6-12-32/h7-10,13-17,28H,2,4-6,11-12,18H2,1,3H3,(H,31,33). The molecule has 1 saturated heterocycles. The molecule has 0 spiro atoms. The van der Waals surface area contributed by atoms with Gasteiger partial charge >= 0.3 is 0 Å². The first kappa shape index (κ1) is 22.7. The third-order valence-electron chi connectivity index (χ3n) is 6.04. The monoisotopic (exact) mass is 441 g/mol. The highest BCUT2D eigenvalue weighted by Gasteiger charge is 2.16. The Kier molecular flexibility index (Phi) is 7.15. The highest BCUT2D eigenvalue weighted by atomic mass is 16.1. The number of amides is 1. The van der Waals surface area contributed by atoms with Crippen LogP contribution in [0.5, 0.6) is 0 Å². The zero-order valence-corrected chi connectivity index (χ0v) is 19.4. The molecule has 0 aliphatic carbocycles. The van der Waals surface area contributed by atoms with Crippen LogP contribution in [0.3, 0.4) is 0 Å². The predicted molar refractivity (Wildman–Crippen MR) is 135 cm³/mol. The van der Waals surface area contributed by atoms with Gasteiger partial charge in [-0.25, -0.2) is 0 Å². The first-order valence-corrected chi connectivity index (χ1v) is 11.5. The summed E-state index contributed by atoms with van der Waals surface area (Å²) in [4.78, 5) is 24.1. The van der Waals surface area contributed by atoms with Crippen LogP contribution in [0.4, 0.5) is 11.4 Å². The molecular weight excluding hydrogens is 410 g/mol. The number of carbonyl (C=O) groups is 1. The normalized spacial score (nSPS) is 14.0. The van der Waals surface area contributed by atoms with E-state index in [-0.39, 0.29) is 5.91 Å². The van der Waals surface area contributed by atoms with Crippen molar-refractivity contribution in [3.05, 3.63) is 78.4 Å². The van der Waals surface area contributed by atoms with Gasteiger partial charge in [0.05, 0.1) is 11.9 Å². The van der Waals surface area contributed by atoms with Crippen molar-refractivity contribution in [3.63, 3.8) is 0 Å². The number of aryl methyl sites for hydroxylation is 1. The lowest BCUT2D eigenvalue weighted by molar-refractivity contribution is -0.111. The quantitative estimate of drug-likeness (QED) is 0.497. The first-order chi connectivity index (χ1) is 16.0. The van der Waals surface area contributed by atoms with Gasteiger partial charge in [0.2, 0.25) is 0 Å². The van der Waals surface area contributed by atoms with Crippen LogP contribution in [0.25, 0.3) is 16.7 Å². The summed E-state index contributed by atoms with van der Waals surface area (Å²) in [5.41, 5.74) is 6.77. The van der Waals surface area contributed by atoms with Gasteiger partial charge in [-0.1, -0.05) is 19.1 Å². The van der Waals surface area contributed by atoms with Crippen LogP contribution in [0.1, 0.15) is 36.1 Å². The topological polar surface area (TPSA) is 70.2 Å². The van der Waals surface area contributed by atoms with Crippen molar-refractivity contribution in [1.82, 2.24) is 14.9 Å². The number of benzene rings is 1. The fourth-order valence-electron chi connectivity index (χ4n) is 4.17. The van der Waals surface area contributed by atoms with Gasteiger partial charge in [-0.05, 0) is 74.3 Å². The van der Waals surface area contributed by atoms with Crippen LogP contribution in [0.15, 0.2) is 61.6 Å². The number of carbonyl (C=O) groups excluding carboxylic acids is 1. The lowest BCUT2D eigenvalue weighted by Crippen LogP contribution is -2.29. The average molecular weight is 442 g/mol. The number of aromatic nitrogens is 2. The molecule has 2 N–H and O–H groups in total. The van der Waals surface area contributed by atoms with Crippen LogP contribution in [0, 0.1) is 6.92 Å². The molecular formula is C27H31N5O. The Morgan fingerprint density at radius 3 is 2.58 bits per heavy atom. The van der Waals surface area contributed by atoms with Gasteiger partial charge in [0.25, 0.3) is 5.91 Å². The smallest absolute Gasteiger partial charge is 0.255 e. The van der Waals surface area contributed by atoms with Crippen molar-refractivity contribution < 1.29 is 4.79 Å². The molecule has 1 aliphatic heterocycles. The summed E-state index contributed by atoms with van der Waals surface area (Å²) in [5, 5.41) is 6.06. The van der Waals surface area contributed by atoms with E-state index in [1.165, 1.54) is 24.8 Å². The maximum absolute atomic E-state index is 12.9. The van der Waals surface area contributed by atoms with Crippen molar-refractivity contribution >= 4 is 22.9 Å². The van der Waals surface area contributed by atoms with Crippen molar-refractivity contribution in [3.8, 4) is 11.1 Å². The van der Waals surface area contributed by atoms with Crippen LogP contribution >= 0.6 is 0 Å². The molecule has 33 heavy (non-hydrogen) atoms. The van der Waals surface area contributed by atoms with E-state index in [9.17, 15) is 4.79 Å². The molecule has 3 heterocycles. The van der Waals surface area contributed by atoms with E-state index in [4.69, 9.17) is 0 Å². The summed E-state index contributed by atoms with van der Waals surface area (Å²) in [5.74, 6) is -0.258. The van der Waals surface area contributed by atoms with E-state index >= 15 is 0 Å². The Balaban J connectivity index is 1.56. The van der Waals surface area contributed by atoms with Crippen molar-refractivity contribution in [2.75, 3.05) is 30.8 Å². The third kappa shape index (κ3) is 5.65. The number of hydrogen-bond donors (Lipinski definition) is 2. The Bertz CT molecular complexity index is 1130. The van der Waals surface area contributed by atoms with Gasteiger partial charge in [-0.15, -0.1) is 0 Å². The minimum Gasteiger partial charge on any atom is -0.388 e. The van der Waals surface area contributed by atoms with Crippen LogP contribution in [0.2, 0.25) is 0 Å². The van der Waals surface area contributed by atoms with Crippen molar-refractivity contribution in [2.45, 2.75) is 32.7 Å². The van der Waals surface area contributed by atoms with E-state index < -0.39 is 0 Å². The molecule has 6 nitrogen and oxygen atoms in total. The summed E-state index contributed by atoms with van der Waals surface area (Å²) < 4.78 is 0. The molecule has 4 rings (SSSR count). The van der Waals surface area contributed by atoms with Crippen LogP contribution in [-0.2, 0) is 11.3 Å². The second kappa shape index (κ2) is 10.4. The minimum absolute atomic E-state index is 0.258. The molecule has 1 amide bonds. The lowest BCUT2D eigenvalue weighted by atomic mass is 9.97. The van der Waals surface area contributed by atoms with Crippen molar-refractivity contribution in [2.24, 2.45) is 0 Å². The van der Waals surface area contributed by atoms with E-state index in [0.29, 0.717) is 11.3 Å². The second-order valence-electron chi connectivity index (χ2n) is 8.55. The van der Waals surface area contributed by atoms with Gasteiger partial charge in [0.15, 0.2) is 0 Å². The van der Waals surface area contributed by atoms with E-state index in [1.54, 1.807) is 6.20 Å². The molecule has 3 aromatic rings. The fraction of sp³-hybridized carbons (Fsp3) is 0.296. The van der Waals surface area contributed by atoms with E-state index in [2.05, 4.69) is 38.1 Å². The molecule has 1 fully saturated rings. The Morgan fingerprint density at radius 1 is 1.03 bits per heavy atom. The number of nitrogens with zero attached hydrogens (tertiary/aromatic N) is 3. The summed E-state index contributed by atoms with van der Waals surface area (Å²) in [6, 6.07) is 11.9. The average Bonchev–Trinajstić information content (AvgIpc) is 2.85. The number of nitrogens with one attached hydrogen (secondary N) is 2. The molecule has 0 atom stereocenters. The zero-order valence-electron chi connectivity index (χ0n) is 19.4. The van der Waals surface area contributed by atoms with Gasteiger partial charge in [-0.3, -0.25) is 19.7 Å². The molecule has 6 heteroatoms. The fourth-order valence-corrected chi connectivity index (χ4v) is 4.17. The first-order valence-electron chi connectivity index (χ1n) is 11.5. The third-order valence-corrected chi connectivity index (χ3v) is 6.04. The van der Waals surface area contributed by atoms with Crippen LogP contribution < -0.4 is 10.6 Å². The molecule has 1 aromatic carbocycles.